The van der Waals surface area contributed by atoms with Gasteiger partial charge in [0, 0.05) is 30.1 Å². The van der Waals surface area contributed by atoms with E-state index in [0.717, 1.165) is 19.3 Å². The molecule has 9 nitrogen and oxygen atoms in total. The van der Waals surface area contributed by atoms with Crippen LogP contribution in [0.4, 0.5) is 4.39 Å². The van der Waals surface area contributed by atoms with E-state index < -0.39 is 30.1 Å². The van der Waals surface area contributed by atoms with Crippen molar-refractivity contribution in [3.63, 3.8) is 0 Å². The lowest BCUT2D eigenvalue weighted by Gasteiger charge is -2.43. The zero-order valence-corrected chi connectivity index (χ0v) is 22.4. The highest BCUT2D eigenvalue weighted by Crippen LogP contribution is 2.51. The maximum atomic E-state index is 13.9. The number of nitrogens with one attached hydrogen (secondary N) is 1. The number of carbonyl (C=O) groups excluding carboxylic acids is 2. The third kappa shape index (κ3) is 5.31. The Labute approximate surface area is 232 Å². The van der Waals surface area contributed by atoms with Gasteiger partial charge in [-0.1, -0.05) is 18.6 Å². The molecule has 2 amide bonds. The van der Waals surface area contributed by atoms with Crippen LogP contribution in [0.5, 0.6) is 11.5 Å². The van der Waals surface area contributed by atoms with E-state index in [2.05, 4.69) is 5.32 Å². The molecule has 214 valence electrons. The number of nitrogens with zero attached hydrogens (tertiary/aromatic N) is 1. The van der Waals surface area contributed by atoms with Crippen LogP contribution in [0.25, 0.3) is 0 Å². The molecule has 0 saturated heterocycles. The molecule has 1 fully saturated rings. The molecule has 1 heterocycles. The van der Waals surface area contributed by atoms with Gasteiger partial charge >= 0.3 is 0 Å². The van der Waals surface area contributed by atoms with Crippen molar-refractivity contribution in [2.75, 3.05) is 26.8 Å². The quantitative estimate of drug-likeness (QED) is 0.353. The van der Waals surface area contributed by atoms with Gasteiger partial charge in [0.2, 0.25) is 11.8 Å². The minimum Gasteiger partial charge on any atom is -0.493 e. The van der Waals surface area contributed by atoms with Gasteiger partial charge in [-0.2, -0.15) is 0 Å². The maximum absolute atomic E-state index is 13.9. The van der Waals surface area contributed by atoms with Gasteiger partial charge in [-0.05, 0) is 60.7 Å². The number of amides is 2. The summed E-state index contributed by atoms with van der Waals surface area (Å²) in [5.41, 5.74) is 2.16. The lowest BCUT2D eigenvalue weighted by Crippen LogP contribution is -2.57. The molecule has 40 heavy (non-hydrogen) atoms. The second-order valence-corrected chi connectivity index (χ2v) is 10.6. The number of benzene rings is 2. The standard InChI is InChI=1S/C30H35FN2O7/c1-39-24-14-18(16-35)13-21-25-22(29(37)32-9-11-34)15-23(26(36)28(25)40-27(21)24)33(30(38)19-5-3-6-19)10-8-17-4-2-7-20(31)12-17/h2,4,7,12-15,19,23,25-26,28,34-36H,3,5-6,8-11,16H2,1H3,(H,32,37)/t23-,25+,26+,28+/m1/s1. The molecule has 10 heteroatoms. The molecule has 3 aliphatic rings. The SMILES string of the molecule is COc1cc(CO)cc2c1O[C@@H]1[C@@H](O)[C@H](N(CCc3cccc(F)c3)C(=O)C3CCC3)C=C(C(=O)NCCO)[C@H]21. The Kier molecular flexibility index (Phi) is 8.39. The minimum atomic E-state index is -1.19. The van der Waals surface area contributed by atoms with Crippen LogP contribution in [0.2, 0.25) is 0 Å². The van der Waals surface area contributed by atoms with Crippen LogP contribution in [-0.4, -0.2) is 77.1 Å². The van der Waals surface area contributed by atoms with Crippen LogP contribution in [0.3, 0.4) is 0 Å². The predicted octanol–water partition coefficient (Wildman–Crippen LogP) is 1.82. The first-order valence-corrected chi connectivity index (χ1v) is 13.7. The Balaban J connectivity index is 1.55. The van der Waals surface area contributed by atoms with E-state index in [1.54, 1.807) is 35.2 Å². The normalized spacial score (nSPS) is 23.3. The second kappa shape index (κ2) is 12.0. The summed E-state index contributed by atoms with van der Waals surface area (Å²) >= 11 is 0. The summed E-state index contributed by atoms with van der Waals surface area (Å²) in [4.78, 5) is 28.7. The molecule has 1 saturated carbocycles. The van der Waals surface area contributed by atoms with Gasteiger partial charge in [-0.3, -0.25) is 9.59 Å². The summed E-state index contributed by atoms with van der Waals surface area (Å²) in [6.07, 6.45) is 2.34. The number of fused-ring (bicyclic) bond motifs is 3. The van der Waals surface area contributed by atoms with E-state index in [1.807, 2.05) is 0 Å². The van der Waals surface area contributed by atoms with Crippen LogP contribution in [0.15, 0.2) is 48.0 Å². The Morgan fingerprint density at radius 1 is 1.18 bits per heavy atom. The van der Waals surface area contributed by atoms with Gasteiger partial charge in [0.1, 0.15) is 18.0 Å². The highest BCUT2D eigenvalue weighted by molar-refractivity contribution is 5.96. The zero-order valence-electron chi connectivity index (χ0n) is 22.4. The molecule has 2 aromatic rings. The van der Waals surface area contributed by atoms with Crippen LogP contribution in [0.1, 0.15) is 41.9 Å². The zero-order chi connectivity index (χ0) is 28.4. The molecule has 2 aliphatic carbocycles. The molecular formula is C30H35FN2O7. The first-order valence-electron chi connectivity index (χ1n) is 13.7. The van der Waals surface area contributed by atoms with Crippen molar-refractivity contribution in [2.24, 2.45) is 5.92 Å². The van der Waals surface area contributed by atoms with E-state index in [9.17, 15) is 29.3 Å². The molecule has 4 N–H and O–H groups in total. The number of rotatable bonds is 10. The average molecular weight is 555 g/mol. The molecular weight excluding hydrogens is 519 g/mol. The number of aliphatic hydroxyl groups excluding tert-OH is 3. The van der Waals surface area contributed by atoms with Crippen molar-refractivity contribution < 1.29 is 38.8 Å². The van der Waals surface area contributed by atoms with Gasteiger partial charge in [0.15, 0.2) is 11.5 Å². The third-order valence-electron chi connectivity index (χ3n) is 8.12. The Bertz CT molecular complexity index is 1290. The number of hydrogen-bond acceptors (Lipinski definition) is 7. The lowest BCUT2D eigenvalue weighted by molar-refractivity contribution is -0.144. The Morgan fingerprint density at radius 3 is 2.62 bits per heavy atom. The molecule has 0 spiro atoms. The summed E-state index contributed by atoms with van der Waals surface area (Å²) in [7, 11) is 1.47. The summed E-state index contributed by atoms with van der Waals surface area (Å²) in [6.45, 7) is -0.274. The summed E-state index contributed by atoms with van der Waals surface area (Å²) in [5.74, 6) is -1.07. The second-order valence-electron chi connectivity index (χ2n) is 10.6. The van der Waals surface area contributed by atoms with Crippen molar-refractivity contribution in [1.29, 1.82) is 0 Å². The average Bonchev–Trinajstić information content (AvgIpc) is 3.31. The van der Waals surface area contributed by atoms with Crippen molar-refractivity contribution in [3.05, 3.63) is 70.6 Å². The number of hydrogen-bond donors (Lipinski definition) is 4. The highest BCUT2D eigenvalue weighted by Gasteiger charge is 2.52. The lowest BCUT2D eigenvalue weighted by atomic mass is 9.76. The molecule has 0 unspecified atom stereocenters. The van der Waals surface area contributed by atoms with Gasteiger partial charge in [0.25, 0.3) is 0 Å². The molecule has 0 aromatic heterocycles. The fourth-order valence-corrected chi connectivity index (χ4v) is 5.86. The first-order chi connectivity index (χ1) is 19.4. The molecule has 1 aliphatic heterocycles. The van der Waals surface area contributed by atoms with Crippen LogP contribution < -0.4 is 14.8 Å². The molecule has 4 atom stereocenters. The summed E-state index contributed by atoms with van der Waals surface area (Å²) in [6, 6.07) is 8.67. The van der Waals surface area contributed by atoms with Crippen molar-refractivity contribution in [3.8, 4) is 11.5 Å². The van der Waals surface area contributed by atoms with E-state index in [1.165, 1.54) is 19.2 Å². The van der Waals surface area contributed by atoms with E-state index in [0.29, 0.717) is 40.2 Å². The molecule has 0 bridgehead atoms. The largest absolute Gasteiger partial charge is 0.493 e. The van der Waals surface area contributed by atoms with Gasteiger partial charge in [-0.25, -0.2) is 4.39 Å². The number of ether oxygens (including phenoxy) is 2. The summed E-state index contributed by atoms with van der Waals surface area (Å²) < 4.78 is 25.6. The Morgan fingerprint density at radius 2 is 1.98 bits per heavy atom. The Hall–Kier alpha value is -3.47. The van der Waals surface area contributed by atoms with Gasteiger partial charge in [0.05, 0.1) is 32.3 Å². The third-order valence-corrected chi connectivity index (χ3v) is 8.12. The molecule has 2 aromatic carbocycles. The molecule has 5 rings (SSSR count). The smallest absolute Gasteiger partial charge is 0.247 e. The van der Waals surface area contributed by atoms with Crippen molar-refractivity contribution in [2.45, 2.75) is 56.5 Å². The fraction of sp³-hybridized carbons (Fsp3) is 0.467. The van der Waals surface area contributed by atoms with Gasteiger partial charge in [-0.15, -0.1) is 0 Å². The van der Waals surface area contributed by atoms with Crippen LogP contribution in [-0.2, 0) is 22.6 Å². The summed E-state index contributed by atoms with van der Waals surface area (Å²) in [5, 5.41) is 33.6. The van der Waals surface area contributed by atoms with E-state index >= 15 is 0 Å². The topological polar surface area (TPSA) is 129 Å². The van der Waals surface area contributed by atoms with E-state index in [4.69, 9.17) is 9.47 Å². The van der Waals surface area contributed by atoms with Gasteiger partial charge < -0.3 is 35.0 Å². The fourth-order valence-electron chi connectivity index (χ4n) is 5.86. The number of carbonyl (C=O) groups is 2. The first kappa shape index (κ1) is 28.1. The number of halogens is 1. The van der Waals surface area contributed by atoms with Crippen molar-refractivity contribution >= 4 is 11.8 Å². The van der Waals surface area contributed by atoms with Crippen LogP contribution >= 0.6 is 0 Å². The predicted molar refractivity (Wildman–Crippen MR) is 143 cm³/mol. The monoisotopic (exact) mass is 554 g/mol. The van der Waals surface area contributed by atoms with Crippen LogP contribution in [0, 0.1) is 11.7 Å². The number of methoxy groups -OCH3 is 1. The number of aliphatic hydroxyl groups is 3. The minimum absolute atomic E-state index is 0.0266. The highest BCUT2D eigenvalue weighted by atomic mass is 19.1. The molecule has 0 radical (unpaired) electrons. The van der Waals surface area contributed by atoms with Crippen molar-refractivity contribution in [1.82, 2.24) is 10.2 Å². The van der Waals surface area contributed by atoms with E-state index in [-0.39, 0.29) is 43.9 Å². The maximum Gasteiger partial charge on any atom is 0.247 e.